The number of hydrogen-bond acceptors (Lipinski definition) is 4. The van der Waals surface area contributed by atoms with Gasteiger partial charge in [0.25, 0.3) is 11.8 Å². The van der Waals surface area contributed by atoms with Gasteiger partial charge in [0.2, 0.25) is 0 Å². The van der Waals surface area contributed by atoms with E-state index >= 15 is 0 Å². The van der Waals surface area contributed by atoms with Crippen LogP contribution in [-0.2, 0) is 10.2 Å². The van der Waals surface area contributed by atoms with Gasteiger partial charge in [-0.15, -0.1) is 0 Å². The van der Waals surface area contributed by atoms with Crippen LogP contribution >= 0.6 is 0 Å². The molecule has 2 aliphatic carbocycles. The van der Waals surface area contributed by atoms with E-state index in [2.05, 4.69) is 22.8 Å². The summed E-state index contributed by atoms with van der Waals surface area (Å²) in [6.45, 7) is 0.477. The molecule has 0 radical (unpaired) electrons. The predicted octanol–water partition coefficient (Wildman–Crippen LogP) is 3.39. The van der Waals surface area contributed by atoms with E-state index in [1.54, 1.807) is 19.2 Å². The van der Waals surface area contributed by atoms with Gasteiger partial charge in [0.05, 0.1) is 12.7 Å². The number of hydrogen-bond donors (Lipinski definition) is 2. The molecule has 2 aromatic rings. The smallest absolute Gasteiger partial charge is 0.325 e. The van der Waals surface area contributed by atoms with Crippen molar-refractivity contribution in [2.75, 3.05) is 13.7 Å². The second kappa shape index (κ2) is 8.21. The molecule has 1 spiro atoms. The van der Waals surface area contributed by atoms with Gasteiger partial charge in [0.1, 0.15) is 11.3 Å². The summed E-state index contributed by atoms with van der Waals surface area (Å²) in [5, 5.41) is 6.02. The SMILES string of the molecule is COc1ccccc1C(=O)NCC1(c2ccccc2)CCC(N2C(=O)NC3(CC3)C2=O)CC1. The van der Waals surface area contributed by atoms with Crippen molar-refractivity contribution in [3.8, 4) is 5.75 Å². The molecule has 1 saturated heterocycles. The Labute approximate surface area is 193 Å². The third-order valence-corrected chi connectivity index (χ3v) is 7.55. The second-order valence-electron chi connectivity index (χ2n) is 9.45. The molecule has 0 bridgehead atoms. The Hall–Kier alpha value is -3.35. The highest BCUT2D eigenvalue weighted by atomic mass is 16.5. The number of carbonyl (C=O) groups is 3. The highest BCUT2D eigenvalue weighted by molar-refractivity contribution is 6.09. The summed E-state index contributed by atoms with van der Waals surface area (Å²) >= 11 is 0. The molecule has 2 N–H and O–H groups in total. The monoisotopic (exact) mass is 447 g/mol. The number of imide groups is 1. The fraction of sp³-hybridized carbons (Fsp3) is 0.423. The van der Waals surface area contributed by atoms with Crippen molar-refractivity contribution < 1.29 is 19.1 Å². The largest absolute Gasteiger partial charge is 0.496 e. The van der Waals surface area contributed by atoms with Gasteiger partial charge >= 0.3 is 6.03 Å². The molecule has 3 fully saturated rings. The Kier molecular flexibility index (Phi) is 5.35. The van der Waals surface area contributed by atoms with Gasteiger partial charge in [-0.1, -0.05) is 42.5 Å². The standard InChI is InChI=1S/C26H29N3O4/c1-33-21-10-6-5-9-20(21)22(30)27-17-25(18-7-3-2-4-8-18)13-11-19(12-14-25)29-23(31)26(15-16-26)28-24(29)32/h2-10,19H,11-17H2,1H3,(H,27,30)(H,28,32). The Morgan fingerprint density at radius 3 is 2.33 bits per heavy atom. The highest BCUT2D eigenvalue weighted by Crippen LogP contribution is 2.45. The van der Waals surface area contributed by atoms with Gasteiger partial charge in [-0.05, 0) is 56.2 Å². The number of carbonyl (C=O) groups excluding carboxylic acids is 3. The van der Waals surface area contributed by atoms with Gasteiger partial charge < -0.3 is 15.4 Å². The van der Waals surface area contributed by atoms with Crippen LogP contribution in [0, 0.1) is 0 Å². The minimum absolute atomic E-state index is 0.0609. The van der Waals surface area contributed by atoms with Crippen LogP contribution in [0.15, 0.2) is 54.6 Å². The van der Waals surface area contributed by atoms with Crippen LogP contribution in [0.5, 0.6) is 5.75 Å². The molecular weight excluding hydrogens is 418 g/mol. The van der Waals surface area contributed by atoms with Crippen LogP contribution in [0.3, 0.4) is 0 Å². The Morgan fingerprint density at radius 2 is 1.70 bits per heavy atom. The zero-order chi connectivity index (χ0) is 23.1. The zero-order valence-electron chi connectivity index (χ0n) is 18.8. The third-order valence-electron chi connectivity index (χ3n) is 7.55. The fourth-order valence-electron chi connectivity index (χ4n) is 5.39. The van der Waals surface area contributed by atoms with Crippen molar-refractivity contribution >= 4 is 17.8 Å². The molecule has 7 nitrogen and oxygen atoms in total. The number of urea groups is 1. The molecule has 5 rings (SSSR count). The summed E-state index contributed by atoms with van der Waals surface area (Å²) in [6, 6.07) is 17.1. The molecule has 2 aromatic carbocycles. The first-order chi connectivity index (χ1) is 16.0. The average molecular weight is 448 g/mol. The van der Waals surface area contributed by atoms with E-state index in [1.807, 2.05) is 30.3 Å². The second-order valence-corrected chi connectivity index (χ2v) is 9.45. The summed E-state index contributed by atoms with van der Waals surface area (Å²) in [4.78, 5) is 39.8. The van der Waals surface area contributed by atoms with E-state index in [0.29, 0.717) is 30.7 Å². The van der Waals surface area contributed by atoms with E-state index in [9.17, 15) is 14.4 Å². The molecule has 3 aliphatic rings. The van der Waals surface area contributed by atoms with Crippen molar-refractivity contribution in [3.05, 3.63) is 65.7 Å². The zero-order valence-corrected chi connectivity index (χ0v) is 18.8. The normalized spacial score (nSPS) is 25.6. The van der Waals surface area contributed by atoms with E-state index in [4.69, 9.17) is 4.74 Å². The minimum atomic E-state index is -0.617. The number of methoxy groups -OCH3 is 1. The average Bonchev–Trinajstić information content (AvgIpc) is 3.59. The fourth-order valence-corrected chi connectivity index (χ4v) is 5.39. The van der Waals surface area contributed by atoms with Crippen molar-refractivity contribution in [2.45, 2.75) is 55.5 Å². The molecular formula is C26H29N3O4. The number of benzene rings is 2. The van der Waals surface area contributed by atoms with Gasteiger partial charge in [-0.3, -0.25) is 14.5 Å². The Bertz CT molecular complexity index is 1070. The Balaban J connectivity index is 1.33. The molecule has 7 heteroatoms. The third kappa shape index (κ3) is 3.75. The Morgan fingerprint density at radius 1 is 1.03 bits per heavy atom. The van der Waals surface area contributed by atoms with Gasteiger partial charge in [0, 0.05) is 18.0 Å². The molecule has 1 aliphatic heterocycles. The maximum atomic E-state index is 13.0. The molecule has 2 saturated carbocycles. The van der Waals surface area contributed by atoms with E-state index in [0.717, 1.165) is 25.7 Å². The van der Waals surface area contributed by atoms with E-state index in [-0.39, 0.29) is 29.3 Å². The lowest BCUT2D eigenvalue weighted by atomic mass is 9.67. The summed E-state index contributed by atoms with van der Waals surface area (Å²) in [5.41, 5.74) is 0.797. The van der Waals surface area contributed by atoms with Crippen LogP contribution in [0.25, 0.3) is 0 Å². The minimum Gasteiger partial charge on any atom is -0.496 e. The number of nitrogens with zero attached hydrogens (tertiary/aromatic N) is 1. The van der Waals surface area contributed by atoms with Gasteiger partial charge in [0.15, 0.2) is 0 Å². The lowest BCUT2D eigenvalue weighted by Crippen LogP contribution is -2.49. The lowest BCUT2D eigenvalue weighted by Gasteiger charge is -2.42. The molecule has 33 heavy (non-hydrogen) atoms. The van der Waals surface area contributed by atoms with Gasteiger partial charge in [-0.2, -0.15) is 0 Å². The van der Waals surface area contributed by atoms with Crippen molar-refractivity contribution in [2.24, 2.45) is 0 Å². The number of nitrogens with one attached hydrogen (secondary N) is 2. The predicted molar refractivity (Wildman–Crippen MR) is 123 cm³/mol. The number of ether oxygens (including phenoxy) is 1. The molecule has 1 heterocycles. The number of amides is 4. The summed E-state index contributed by atoms with van der Waals surface area (Å²) in [6.07, 6.45) is 4.46. The van der Waals surface area contributed by atoms with Crippen LogP contribution in [0.1, 0.15) is 54.4 Å². The van der Waals surface area contributed by atoms with Crippen molar-refractivity contribution in [1.82, 2.24) is 15.5 Å². The van der Waals surface area contributed by atoms with Crippen LogP contribution in [0.4, 0.5) is 4.79 Å². The van der Waals surface area contributed by atoms with Crippen LogP contribution in [-0.4, -0.2) is 48.0 Å². The van der Waals surface area contributed by atoms with Crippen LogP contribution < -0.4 is 15.4 Å². The van der Waals surface area contributed by atoms with Crippen molar-refractivity contribution in [3.63, 3.8) is 0 Å². The van der Waals surface area contributed by atoms with Crippen LogP contribution in [0.2, 0.25) is 0 Å². The quantitative estimate of drug-likeness (QED) is 0.665. The first-order valence-electron chi connectivity index (χ1n) is 11.6. The number of para-hydroxylation sites is 1. The van der Waals surface area contributed by atoms with Gasteiger partial charge in [-0.25, -0.2) is 4.79 Å². The number of rotatable bonds is 6. The first kappa shape index (κ1) is 21.5. The maximum absolute atomic E-state index is 13.0. The summed E-state index contributed by atoms with van der Waals surface area (Å²) in [5.74, 6) is 0.309. The van der Waals surface area contributed by atoms with E-state index < -0.39 is 5.54 Å². The maximum Gasteiger partial charge on any atom is 0.325 e. The molecule has 4 amide bonds. The highest BCUT2D eigenvalue weighted by Gasteiger charge is 2.61. The molecule has 0 unspecified atom stereocenters. The molecule has 0 atom stereocenters. The molecule has 172 valence electrons. The van der Waals surface area contributed by atoms with E-state index in [1.165, 1.54) is 10.5 Å². The topological polar surface area (TPSA) is 87.7 Å². The van der Waals surface area contributed by atoms with Crippen molar-refractivity contribution in [1.29, 1.82) is 0 Å². The first-order valence-corrected chi connectivity index (χ1v) is 11.6. The summed E-state index contributed by atoms with van der Waals surface area (Å²) < 4.78 is 5.34. The summed E-state index contributed by atoms with van der Waals surface area (Å²) in [7, 11) is 1.56. The molecule has 0 aromatic heterocycles. The lowest BCUT2D eigenvalue weighted by molar-refractivity contribution is -0.130.